The van der Waals surface area contributed by atoms with Gasteiger partial charge in [-0.15, -0.1) is 0 Å². The van der Waals surface area contributed by atoms with E-state index in [0.29, 0.717) is 11.6 Å². The lowest BCUT2D eigenvalue weighted by atomic mass is 9.93. The van der Waals surface area contributed by atoms with E-state index in [9.17, 15) is 0 Å². The normalized spacial score (nSPS) is 12.4. The van der Waals surface area contributed by atoms with Crippen molar-refractivity contribution >= 4 is 5.69 Å². The number of ether oxygens (including phenoxy) is 1. The average molecular weight is 222 g/mol. The van der Waals surface area contributed by atoms with Crippen molar-refractivity contribution in [2.75, 3.05) is 26.4 Å². The fraction of sp³-hybridized carbons (Fsp3) is 0.538. The summed E-state index contributed by atoms with van der Waals surface area (Å²) >= 11 is 0. The fourth-order valence-corrected chi connectivity index (χ4v) is 1.91. The van der Waals surface area contributed by atoms with E-state index in [1.807, 2.05) is 13.1 Å². The molecule has 0 fully saturated rings. The first kappa shape index (κ1) is 12.8. The van der Waals surface area contributed by atoms with Crippen molar-refractivity contribution in [1.82, 2.24) is 5.32 Å². The topological polar surface area (TPSA) is 47.3 Å². The minimum absolute atomic E-state index is 0.571. The molecule has 0 radical (unpaired) electrons. The molecule has 3 N–H and O–H groups in total. The van der Waals surface area contributed by atoms with Gasteiger partial charge in [0, 0.05) is 0 Å². The van der Waals surface area contributed by atoms with Crippen molar-refractivity contribution in [3.63, 3.8) is 0 Å². The number of hydrogen-bond acceptors (Lipinski definition) is 3. The molecule has 0 bridgehead atoms. The van der Waals surface area contributed by atoms with Gasteiger partial charge < -0.3 is 15.8 Å². The molecule has 0 aliphatic heterocycles. The summed E-state index contributed by atoms with van der Waals surface area (Å²) in [4.78, 5) is 0. The van der Waals surface area contributed by atoms with Crippen LogP contribution in [0.25, 0.3) is 0 Å². The van der Waals surface area contributed by atoms with E-state index in [0.717, 1.165) is 25.1 Å². The van der Waals surface area contributed by atoms with Crippen molar-refractivity contribution in [3.05, 3.63) is 23.8 Å². The maximum absolute atomic E-state index is 5.80. The lowest BCUT2D eigenvalue weighted by Crippen LogP contribution is -2.12. The Morgan fingerprint density at radius 2 is 2.19 bits per heavy atom. The molecule has 0 spiro atoms. The van der Waals surface area contributed by atoms with Gasteiger partial charge in [0.1, 0.15) is 5.75 Å². The van der Waals surface area contributed by atoms with Gasteiger partial charge in [-0.3, -0.25) is 0 Å². The number of hydrogen-bond donors (Lipinski definition) is 2. The molecule has 1 aromatic rings. The van der Waals surface area contributed by atoms with Gasteiger partial charge >= 0.3 is 0 Å². The standard InChI is InChI=1S/C13H22N2O/c1-4-10(7-8-15-2)11-5-6-12(14)13(9-11)16-3/h5-6,9-10,15H,4,7-8,14H2,1-3H3. The Hall–Kier alpha value is -1.22. The van der Waals surface area contributed by atoms with Gasteiger partial charge in [-0.25, -0.2) is 0 Å². The van der Waals surface area contributed by atoms with E-state index in [1.54, 1.807) is 7.11 Å². The van der Waals surface area contributed by atoms with Crippen LogP contribution < -0.4 is 15.8 Å². The van der Waals surface area contributed by atoms with Crippen LogP contribution in [0.3, 0.4) is 0 Å². The lowest BCUT2D eigenvalue weighted by molar-refractivity contribution is 0.415. The molecule has 1 rings (SSSR count). The molecule has 1 aromatic carbocycles. The zero-order valence-electron chi connectivity index (χ0n) is 10.4. The van der Waals surface area contributed by atoms with Crippen molar-refractivity contribution in [2.45, 2.75) is 25.7 Å². The Morgan fingerprint density at radius 3 is 2.75 bits per heavy atom. The predicted octanol–water partition coefficient (Wildman–Crippen LogP) is 2.38. The Labute approximate surface area is 98.0 Å². The van der Waals surface area contributed by atoms with Gasteiger partial charge in [-0.2, -0.15) is 0 Å². The Balaban J connectivity index is 2.83. The van der Waals surface area contributed by atoms with E-state index < -0.39 is 0 Å². The molecular weight excluding hydrogens is 200 g/mol. The summed E-state index contributed by atoms with van der Waals surface area (Å²) < 4.78 is 5.24. The smallest absolute Gasteiger partial charge is 0.142 e. The lowest BCUT2D eigenvalue weighted by Gasteiger charge is -2.16. The molecule has 0 saturated carbocycles. The van der Waals surface area contributed by atoms with Crippen LogP contribution in [0.4, 0.5) is 5.69 Å². The van der Waals surface area contributed by atoms with Gasteiger partial charge in [0.2, 0.25) is 0 Å². The van der Waals surface area contributed by atoms with Gasteiger partial charge in [0.15, 0.2) is 0 Å². The average Bonchev–Trinajstić information content (AvgIpc) is 2.32. The summed E-state index contributed by atoms with van der Waals surface area (Å²) in [6.45, 7) is 3.24. The van der Waals surface area contributed by atoms with E-state index in [4.69, 9.17) is 10.5 Å². The van der Waals surface area contributed by atoms with E-state index >= 15 is 0 Å². The van der Waals surface area contributed by atoms with Crippen LogP contribution >= 0.6 is 0 Å². The van der Waals surface area contributed by atoms with Crippen LogP contribution in [0.5, 0.6) is 5.75 Å². The second kappa shape index (κ2) is 6.38. The summed E-state index contributed by atoms with van der Waals surface area (Å²) in [5.41, 5.74) is 7.82. The van der Waals surface area contributed by atoms with E-state index in [1.165, 1.54) is 5.56 Å². The van der Waals surface area contributed by atoms with Crippen LogP contribution in [0.2, 0.25) is 0 Å². The third-order valence-corrected chi connectivity index (χ3v) is 2.96. The molecule has 90 valence electrons. The molecular formula is C13H22N2O. The number of nitrogens with two attached hydrogens (primary N) is 1. The zero-order chi connectivity index (χ0) is 12.0. The summed E-state index contributed by atoms with van der Waals surface area (Å²) in [5, 5.41) is 3.19. The third kappa shape index (κ3) is 3.14. The Kier molecular flexibility index (Phi) is 5.12. The second-order valence-electron chi connectivity index (χ2n) is 4.00. The number of rotatable bonds is 6. The molecule has 0 aromatic heterocycles. The minimum atomic E-state index is 0.571. The molecule has 0 heterocycles. The maximum Gasteiger partial charge on any atom is 0.142 e. The Bertz CT molecular complexity index is 326. The zero-order valence-corrected chi connectivity index (χ0v) is 10.4. The first-order valence-electron chi connectivity index (χ1n) is 5.80. The third-order valence-electron chi connectivity index (χ3n) is 2.96. The van der Waals surface area contributed by atoms with Gasteiger partial charge in [0.25, 0.3) is 0 Å². The van der Waals surface area contributed by atoms with Crippen LogP contribution in [-0.2, 0) is 0 Å². The highest BCUT2D eigenvalue weighted by atomic mass is 16.5. The first-order valence-corrected chi connectivity index (χ1v) is 5.80. The maximum atomic E-state index is 5.80. The van der Waals surface area contributed by atoms with Crippen molar-refractivity contribution < 1.29 is 4.74 Å². The summed E-state index contributed by atoms with van der Waals surface area (Å²) in [6, 6.07) is 6.08. The van der Waals surface area contributed by atoms with Crippen LogP contribution in [0, 0.1) is 0 Å². The van der Waals surface area contributed by atoms with Crippen LogP contribution in [0.15, 0.2) is 18.2 Å². The number of nitrogen functional groups attached to an aromatic ring is 1. The van der Waals surface area contributed by atoms with Crippen LogP contribution in [0.1, 0.15) is 31.2 Å². The summed E-state index contributed by atoms with van der Waals surface area (Å²) in [6.07, 6.45) is 2.27. The highest BCUT2D eigenvalue weighted by Gasteiger charge is 2.10. The summed E-state index contributed by atoms with van der Waals surface area (Å²) in [5.74, 6) is 1.35. The quantitative estimate of drug-likeness (QED) is 0.726. The largest absolute Gasteiger partial charge is 0.495 e. The molecule has 3 nitrogen and oxygen atoms in total. The molecule has 16 heavy (non-hydrogen) atoms. The molecule has 3 heteroatoms. The molecule has 0 amide bonds. The second-order valence-corrected chi connectivity index (χ2v) is 4.00. The number of methoxy groups -OCH3 is 1. The van der Waals surface area contributed by atoms with Crippen LogP contribution in [-0.4, -0.2) is 20.7 Å². The number of nitrogens with one attached hydrogen (secondary N) is 1. The van der Waals surface area contributed by atoms with Gasteiger partial charge in [-0.1, -0.05) is 13.0 Å². The molecule has 0 aliphatic rings. The molecule has 1 unspecified atom stereocenters. The SMILES string of the molecule is CCC(CCNC)c1ccc(N)c(OC)c1. The van der Waals surface area contributed by atoms with Crippen molar-refractivity contribution in [3.8, 4) is 5.75 Å². The summed E-state index contributed by atoms with van der Waals surface area (Å²) in [7, 11) is 3.64. The molecule has 0 saturated heterocycles. The molecule has 0 aliphatic carbocycles. The monoisotopic (exact) mass is 222 g/mol. The first-order chi connectivity index (χ1) is 7.72. The van der Waals surface area contributed by atoms with E-state index in [-0.39, 0.29) is 0 Å². The Morgan fingerprint density at radius 1 is 1.44 bits per heavy atom. The number of benzene rings is 1. The fourth-order valence-electron chi connectivity index (χ4n) is 1.91. The van der Waals surface area contributed by atoms with Gasteiger partial charge in [0.05, 0.1) is 12.8 Å². The highest BCUT2D eigenvalue weighted by Crippen LogP contribution is 2.29. The number of anilines is 1. The molecule has 1 atom stereocenters. The highest BCUT2D eigenvalue weighted by molar-refractivity contribution is 5.54. The predicted molar refractivity (Wildman–Crippen MR) is 69.0 cm³/mol. The minimum Gasteiger partial charge on any atom is -0.495 e. The van der Waals surface area contributed by atoms with E-state index in [2.05, 4.69) is 24.4 Å². The van der Waals surface area contributed by atoms with Gasteiger partial charge in [-0.05, 0) is 50.0 Å². The van der Waals surface area contributed by atoms with Crippen molar-refractivity contribution in [1.29, 1.82) is 0 Å². The van der Waals surface area contributed by atoms with Crippen molar-refractivity contribution in [2.24, 2.45) is 0 Å².